The van der Waals surface area contributed by atoms with Crippen molar-refractivity contribution in [2.45, 2.75) is 56.3 Å². The summed E-state index contributed by atoms with van der Waals surface area (Å²) in [6.07, 6.45) is 9.08. The molecule has 5 rings (SSSR count). The van der Waals surface area contributed by atoms with Gasteiger partial charge in [0.2, 0.25) is 0 Å². The van der Waals surface area contributed by atoms with Crippen LogP contribution in [0.1, 0.15) is 43.4 Å². The Balaban J connectivity index is 1.46. The molecule has 2 aliphatic heterocycles. The van der Waals surface area contributed by atoms with E-state index < -0.39 is 5.60 Å². The molecule has 0 aliphatic carbocycles. The molecule has 4 heteroatoms. The maximum Gasteiger partial charge on any atom is 0.136 e. The van der Waals surface area contributed by atoms with E-state index in [0.717, 1.165) is 30.7 Å². The standard InChI is InChI=1S/C22H25N3O/c26-22(20-15-23-21-11-4-5-12-24(20)21)13-18-9-6-10-19(14-22)25(18)16-17-7-2-1-3-8-17/h1-5,7-8,11-12,15,18-19,26H,6,9-10,13-14,16H2. The molecule has 1 aromatic carbocycles. The molecule has 3 aromatic rings. The third kappa shape index (κ3) is 2.65. The average Bonchev–Trinajstić information content (AvgIpc) is 3.09. The van der Waals surface area contributed by atoms with Crippen LogP contribution in [0.5, 0.6) is 0 Å². The fourth-order valence-electron chi connectivity index (χ4n) is 5.06. The van der Waals surface area contributed by atoms with Gasteiger partial charge in [-0.1, -0.05) is 42.8 Å². The van der Waals surface area contributed by atoms with Crippen LogP contribution >= 0.6 is 0 Å². The lowest BCUT2D eigenvalue weighted by atomic mass is 9.74. The lowest BCUT2D eigenvalue weighted by Gasteiger charge is -2.52. The third-order valence-corrected chi connectivity index (χ3v) is 6.26. The van der Waals surface area contributed by atoms with E-state index in [1.807, 2.05) is 30.6 Å². The Morgan fingerprint density at radius 1 is 1.00 bits per heavy atom. The molecular weight excluding hydrogens is 322 g/mol. The fourth-order valence-corrected chi connectivity index (χ4v) is 5.06. The van der Waals surface area contributed by atoms with Gasteiger partial charge in [0.15, 0.2) is 0 Å². The highest BCUT2D eigenvalue weighted by Gasteiger charge is 2.47. The highest BCUT2D eigenvalue weighted by Crippen LogP contribution is 2.44. The summed E-state index contributed by atoms with van der Waals surface area (Å²) in [5.41, 5.74) is 2.44. The number of imidazole rings is 1. The Labute approximate surface area is 154 Å². The van der Waals surface area contributed by atoms with Crippen LogP contribution in [0.25, 0.3) is 5.65 Å². The molecule has 0 spiro atoms. The van der Waals surface area contributed by atoms with E-state index in [2.05, 4.69) is 44.6 Å². The van der Waals surface area contributed by atoms with Crippen LogP contribution in [-0.4, -0.2) is 31.5 Å². The molecule has 26 heavy (non-hydrogen) atoms. The highest BCUT2D eigenvalue weighted by atomic mass is 16.3. The number of nitrogens with zero attached hydrogens (tertiary/aromatic N) is 3. The molecule has 2 atom stereocenters. The zero-order chi connectivity index (χ0) is 17.6. The Bertz CT molecular complexity index is 890. The van der Waals surface area contributed by atoms with Crippen LogP contribution < -0.4 is 0 Å². The van der Waals surface area contributed by atoms with Gasteiger partial charge in [0.1, 0.15) is 11.2 Å². The van der Waals surface area contributed by atoms with Crippen molar-refractivity contribution in [3.8, 4) is 0 Å². The molecule has 0 amide bonds. The van der Waals surface area contributed by atoms with E-state index in [-0.39, 0.29) is 0 Å². The summed E-state index contributed by atoms with van der Waals surface area (Å²) in [6, 6.07) is 17.6. The minimum atomic E-state index is -0.788. The first-order valence-electron chi connectivity index (χ1n) is 9.68. The van der Waals surface area contributed by atoms with Gasteiger partial charge in [-0.25, -0.2) is 4.98 Å². The second kappa shape index (κ2) is 6.22. The van der Waals surface area contributed by atoms with E-state index in [1.54, 1.807) is 0 Å². The number of piperidine rings is 2. The molecule has 4 heterocycles. The van der Waals surface area contributed by atoms with Gasteiger partial charge in [0.05, 0.1) is 11.9 Å². The predicted molar refractivity (Wildman–Crippen MR) is 102 cm³/mol. The van der Waals surface area contributed by atoms with E-state index >= 15 is 0 Å². The van der Waals surface area contributed by atoms with Gasteiger partial charge >= 0.3 is 0 Å². The molecule has 0 radical (unpaired) electrons. The maximum atomic E-state index is 11.6. The van der Waals surface area contributed by atoms with Gasteiger partial charge < -0.3 is 9.51 Å². The summed E-state index contributed by atoms with van der Waals surface area (Å²) in [5, 5.41) is 11.6. The lowest BCUT2D eigenvalue weighted by molar-refractivity contribution is -0.102. The normalized spacial score (nSPS) is 29.1. The van der Waals surface area contributed by atoms with Crippen molar-refractivity contribution in [2.24, 2.45) is 0 Å². The van der Waals surface area contributed by atoms with Crippen molar-refractivity contribution in [2.75, 3.05) is 0 Å². The van der Waals surface area contributed by atoms with Crippen LogP contribution in [0.2, 0.25) is 0 Å². The largest absolute Gasteiger partial charge is 0.383 e. The molecule has 2 aromatic heterocycles. The van der Waals surface area contributed by atoms with Gasteiger partial charge in [-0.3, -0.25) is 4.90 Å². The molecule has 2 saturated heterocycles. The summed E-state index contributed by atoms with van der Waals surface area (Å²) in [5.74, 6) is 0. The van der Waals surface area contributed by atoms with Crippen molar-refractivity contribution in [1.82, 2.24) is 14.3 Å². The number of hydrogen-bond donors (Lipinski definition) is 1. The van der Waals surface area contributed by atoms with E-state index in [4.69, 9.17) is 0 Å². The van der Waals surface area contributed by atoms with E-state index in [1.165, 1.54) is 24.8 Å². The zero-order valence-electron chi connectivity index (χ0n) is 15.0. The molecule has 0 saturated carbocycles. The minimum Gasteiger partial charge on any atom is -0.383 e. The monoisotopic (exact) mass is 347 g/mol. The SMILES string of the molecule is OC1(c2cnc3ccccn23)CC2CCCC(C1)N2Cc1ccccc1. The van der Waals surface area contributed by atoms with Crippen molar-refractivity contribution in [3.63, 3.8) is 0 Å². The van der Waals surface area contributed by atoms with Gasteiger partial charge in [-0.2, -0.15) is 0 Å². The number of pyridine rings is 1. The smallest absolute Gasteiger partial charge is 0.136 e. The van der Waals surface area contributed by atoms with E-state index in [9.17, 15) is 5.11 Å². The number of fused-ring (bicyclic) bond motifs is 3. The fraction of sp³-hybridized carbons (Fsp3) is 0.409. The Morgan fingerprint density at radius 2 is 1.73 bits per heavy atom. The van der Waals surface area contributed by atoms with Gasteiger partial charge in [0.25, 0.3) is 0 Å². The summed E-state index contributed by atoms with van der Waals surface area (Å²) in [4.78, 5) is 7.14. The molecule has 4 nitrogen and oxygen atoms in total. The van der Waals surface area contributed by atoms with Crippen LogP contribution in [0.3, 0.4) is 0 Å². The number of aromatic nitrogens is 2. The third-order valence-electron chi connectivity index (χ3n) is 6.26. The van der Waals surface area contributed by atoms with Crippen LogP contribution in [0, 0.1) is 0 Å². The first kappa shape index (κ1) is 16.0. The minimum absolute atomic E-state index is 0.432. The summed E-state index contributed by atoms with van der Waals surface area (Å²) in [6.45, 7) is 0.986. The van der Waals surface area contributed by atoms with Gasteiger partial charge in [-0.15, -0.1) is 0 Å². The number of benzene rings is 1. The summed E-state index contributed by atoms with van der Waals surface area (Å²) < 4.78 is 2.06. The van der Waals surface area contributed by atoms with E-state index in [0.29, 0.717) is 12.1 Å². The molecular formula is C22H25N3O. The molecule has 2 bridgehead atoms. The van der Waals surface area contributed by atoms with Crippen molar-refractivity contribution in [3.05, 3.63) is 72.2 Å². The zero-order valence-corrected chi connectivity index (χ0v) is 15.0. The van der Waals surface area contributed by atoms with Crippen LogP contribution in [-0.2, 0) is 12.1 Å². The molecule has 1 N–H and O–H groups in total. The molecule has 2 unspecified atom stereocenters. The predicted octanol–water partition coefficient (Wildman–Crippen LogP) is 3.74. The summed E-state index contributed by atoms with van der Waals surface area (Å²) >= 11 is 0. The Kier molecular flexibility index (Phi) is 3.84. The highest BCUT2D eigenvalue weighted by molar-refractivity contribution is 5.41. The number of aliphatic hydroxyl groups is 1. The van der Waals surface area contributed by atoms with Crippen LogP contribution in [0.4, 0.5) is 0 Å². The first-order valence-corrected chi connectivity index (χ1v) is 9.68. The van der Waals surface area contributed by atoms with Gasteiger partial charge in [0, 0.05) is 24.8 Å². The van der Waals surface area contributed by atoms with Gasteiger partial charge in [-0.05, 0) is 43.4 Å². The second-order valence-corrected chi connectivity index (χ2v) is 7.91. The quantitative estimate of drug-likeness (QED) is 0.785. The average molecular weight is 347 g/mol. The molecule has 134 valence electrons. The van der Waals surface area contributed by atoms with Crippen molar-refractivity contribution in [1.29, 1.82) is 0 Å². The summed E-state index contributed by atoms with van der Waals surface area (Å²) in [7, 11) is 0. The Hall–Kier alpha value is -2.17. The molecule has 2 fully saturated rings. The lowest BCUT2D eigenvalue weighted by Crippen LogP contribution is -2.56. The second-order valence-electron chi connectivity index (χ2n) is 7.91. The van der Waals surface area contributed by atoms with Crippen molar-refractivity contribution < 1.29 is 5.11 Å². The Morgan fingerprint density at radius 3 is 2.50 bits per heavy atom. The molecule has 2 aliphatic rings. The topological polar surface area (TPSA) is 40.8 Å². The number of hydrogen-bond acceptors (Lipinski definition) is 3. The maximum absolute atomic E-state index is 11.6. The van der Waals surface area contributed by atoms with Crippen LogP contribution in [0.15, 0.2) is 60.9 Å². The first-order chi connectivity index (χ1) is 12.7. The van der Waals surface area contributed by atoms with Crippen molar-refractivity contribution >= 4 is 5.65 Å². The number of rotatable bonds is 3.